The highest BCUT2D eigenvalue weighted by Gasteiger charge is 2.10. The molecule has 0 radical (unpaired) electrons. The van der Waals surface area contributed by atoms with Crippen LogP contribution in [0.2, 0.25) is 0 Å². The molecule has 4 nitrogen and oxygen atoms in total. The van der Waals surface area contributed by atoms with Crippen LogP contribution in [0.4, 0.5) is 0 Å². The standard InChI is InChI=1S/C21H25NO3/c1-2-12-22-14-20(15-23)19-10-8-18(9-11-19)16-25-21(24)13-17-6-4-3-5-7-17/h3-11,15,20,22H,2,12-14,16H2,1H3. The van der Waals surface area contributed by atoms with Crippen molar-refractivity contribution in [3.05, 3.63) is 71.3 Å². The Bertz CT molecular complexity index is 653. The van der Waals surface area contributed by atoms with E-state index in [9.17, 15) is 9.59 Å². The van der Waals surface area contributed by atoms with E-state index in [1.807, 2.05) is 54.6 Å². The third-order valence-electron chi connectivity index (χ3n) is 3.95. The van der Waals surface area contributed by atoms with Gasteiger partial charge in [0.05, 0.1) is 12.3 Å². The second-order valence-electron chi connectivity index (χ2n) is 6.01. The fraction of sp³-hybridized carbons (Fsp3) is 0.333. The molecular formula is C21H25NO3. The molecule has 1 N–H and O–H groups in total. The van der Waals surface area contributed by atoms with Crippen molar-refractivity contribution in [2.45, 2.75) is 32.3 Å². The fourth-order valence-electron chi connectivity index (χ4n) is 2.52. The van der Waals surface area contributed by atoms with Gasteiger partial charge in [0.15, 0.2) is 0 Å². The van der Waals surface area contributed by atoms with Gasteiger partial charge >= 0.3 is 5.97 Å². The van der Waals surface area contributed by atoms with Gasteiger partial charge in [-0.25, -0.2) is 0 Å². The van der Waals surface area contributed by atoms with E-state index < -0.39 is 0 Å². The van der Waals surface area contributed by atoms with E-state index in [0.717, 1.165) is 35.9 Å². The zero-order chi connectivity index (χ0) is 17.9. The highest BCUT2D eigenvalue weighted by atomic mass is 16.5. The minimum Gasteiger partial charge on any atom is -0.461 e. The van der Waals surface area contributed by atoms with Crippen molar-refractivity contribution < 1.29 is 14.3 Å². The van der Waals surface area contributed by atoms with Gasteiger partial charge in [0, 0.05) is 6.54 Å². The van der Waals surface area contributed by atoms with Gasteiger partial charge in [-0.1, -0.05) is 61.5 Å². The maximum absolute atomic E-state index is 11.9. The summed E-state index contributed by atoms with van der Waals surface area (Å²) < 4.78 is 5.32. The van der Waals surface area contributed by atoms with E-state index in [1.165, 1.54) is 0 Å². The van der Waals surface area contributed by atoms with Gasteiger partial charge in [-0.15, -0.1) is 0 Å². The number of rotatable bonds is 10. The number of benzene rings is 2. The molecule has 0 aromatic heterocycles. The molecule has 0 spiro atoms. The van der Waals surface area contributed by atoms with Crippen LogP contribution in [0.15, 0.2) is 54.6 Å². The van der Waals surface area contributed by atoms with Gasteiger partial charge in [0.1, 0.15) is 12.9 Å². The number of carbonyl (C=O) groups excluding carboxylic acids is 2. The van der Waals surface area contributed by atoms with Crippen molar-refractivity contribution in [1.82, 2.24) is 5.32 Å². The van der Waals surface area contributed by atoms with Crippen molar-refractivity contribution in [3.8, 4) is 0 Å². The molecule has 1 unspecified atom stereocenters. The quantitative estimate of drug-likeness (QED) is 0.410. The zero-order valence-corrected chi connectivity index (χ0v) is 14.6. The van der Waals surface area contributed by atoms with Gasteiger partial charge in [-0.05, 0) is 29.7 Å². The van der Waals surface area contributed by atoms with Crippen LogP contribution in [-0.4, -0.2) is 25.3 Å². The number of hydrogen-bond donors (Lipinski definition) is 1. The molecule has 2 aromatic carbocycles. The molecule has 0 aliphatic heterocycles. The van der Waals surface area contributed by atoms with E-state index in [2.05, 4.69) is 12.2 Å². The Hall–Kier alpha value is -2.46. The summed E-state index contributed by atoms with van der Waals surface area (Å²) in [5.41, 5.74) is 2.82. The molecule has 0 aliphatic carbocycles. The molecule has 0 bridgehead atoms. The van der Waals surface area contributed by atoms with Crippen LogP contribution in [0.5, 0.6) is 0 Å². The lowest BCUT2D eigenvalue weighted by molar-refractivity contribution is -0.144. The van der Waals surface area contributed by atoms with E-state index >= 15 is 0 Å². The third kappa shape index (κ3) is 6.51. The first kappa shape index (κ1) is 18.9. The first-order valence-electron chi connectivity index (χ1n) is 8.67. The van der Waals surface area contributed by atoms with Crippen molar-refractivity contribution in [3.63, 3.8) is 0 Å². The van der Waals surface area contributed by atoms with Crippen LogP contribution in [-0.2, 0) is 27.4 Å². The number of hydrogen-bond acceptors (Lipinski definition) is 4. The van der Waals surface area contributed by atoms with Gasteiger partial charge in [-0.3, -0.25) is 4.79 Å². The fourth-order valence-corrected chi connectivity index (χ4v) is 2.52. The van der Waals surface area contributed by atoms with Crippen LogP contribution in [0, 0.1) is 0 Å². The van der Waals surface area contributed by atoms with E-state index in [0.29, 0.717) is 6.54 Å². The molecule has 0 fully saturated rings. The summed E-state index contributed by atoms with van der Waals surface area (Å²) in [6.45, 7) is 3.88. The molecule has 132 valence electrons. The molecule has 4 heteroatoms. The zero-order valence-electron chi connectivity index (χ0n) is 14.6. The highest BCUT2D eigenvalue weighted by Crippen LogP contribution is 2.15. The van der Waals surface area contributed by atoms with E-state index in [1.54, 1.807) is 0 Å². The van der Waals surface area contributed by atoms with Crippen molar-refractivity contribution in [2.24, 2.45) is 0 Å². The topological polar surface area (TPSA) is 55.4 Å². The Kier molecular flexibility index (Phi) is 7.86. The highest BCUT2D eigenvalue weighted by molar-refractivity contribution is 5.72. The summed E-state index contributed by atoms with van der Waals surface area (Å²) in [5.74, 6) is -0.397. The van der Waals surface area contributed by atoms with Crippen LogP contribution in [0.25, 0.3) is 0 Å². The minimum absolute atomic E-state index is 0.152. The van der Waals surface area contributed by atoms with Crippen molar-refractivity contribution >= 4 is 12.3 Å². The molecular weight excluding hydrogens is 314 g/mol. The summed E-state index contributed by atoms with van der Waals surface area (Å²) >= 11 is 0. The Morgan fingerprint density at radius 3 is 2.44 bits per heavy atom. The first-order valence-corrected chi connectivity index (χ1v) is 8.67. The summed E-state index contributed by atoms with van der Waals surface area (Å²) in [6, 6.07) is 17.2. The average Bonchev–Trinajstić information content (AvgIpc) is 2.65. The number of ether oxygens (including phenoxy) is 1. The van der Waals surface area contributed by atoms with Crippen molar-refractivity contribution in [2.75, 3.05) is 13.1 Å². The lowest BCUT2D eigenvalue weighted by Gasteiger charge is -2.12. The van der Waals surface area contributed by atoms with Crippen molar-refractivity contribution in [1.29, 1.82) is 0 Å². The predicted octanol–water partition coefficient (Wildman–Crippen LogP) is 3.25. The van der Waals surface area contributed by atoms with Crippen LogP contribution in [0.1, 0.15) is 36.0 Å². The van der Waals surface area contributed by atoms with Gasteiger partial charge < -0.3 is 14.8 Å². The van der Waals surface area contributed by atoms with E-state index in [-0.39, 0.29) is 24.9 Å². The molecule has 2 rings (SSSR count). The van der Waals surface area contributed by atoms with Gasteiger partial charge in [0.2, 0.25) is 0 Å². The normalized spacial score (nSPS) is 11.7. The smallest absolute Gasteiger partial charge is 0.310 e. The number of nitrogens with one attached hydrogen (secondary N) is 1. The van der Waals surface area contributed by atoms with E-state index in [4.69, 9.17) is 4.74 Å². The monoisotopic (exact) mass is 339 g/mol. The van der Waals surface area contributed by atoms with Crippen LogP contribution < -0.4 is 5.32 Å². The molecule has 25 heavy (non-hydrogen) atoms. The summed E-state index contributed by atoms with van der Waals surface area (Å²) in [5, 5.41) is 3.26. The Morgan fingerprint density at radius 1 is 1.08 bits per heavy atom. The lowest BCUT2D eigenvalue weighted by atomic mass is 9.99. The van der Waals surface area contributed by atoms with Crippen LogP contribution >= 0.6 is 0 Å². The molecule has 0 saturated carbocycles. The first-order chi connectivity index (χ1) is 12.2. The largest absolute Gasteiger partial charge is 0.461 e. The molecule has 2 aromatic rings. The average molecular weight is 339 g/mol. The molecule has 0 saturated heterocycles. The second kappa shape index (κ2) is 10.4. The SMILES string of the molecule is CCCNCC(C=O)c1ccc(COC(=O)Cc2ccccc2)cc1. The molecule has 0 heterocycles. The lowest BCUT2D eigenvalue weighted by Crippen LogP contribution is -2.23. The number of carbonyl (C=O) groups is 2. The maximum Gasteiger partial charge on any atom is 0.310 e. The van der Waals surface area contributed by atoms with Crippen LogP contribution in [0.3, 0.4) is 0 Å². The minimum atomic E-state index is -0.246. The Morgan fingerprint density at radius 2 is 1.80 bits per heavy atom. The second-order valence-corrected chi connectivity index (χ2v) is 6.01. The Labute approximate surface area is 149 Å². The molecule has 0 aliphatic rings. The Balaban J connectivity index is 1.83. The summed E-state index contributed by atoms with van der Waals surface area (Å²) in [4.78, 5) is 23.1. The number of esters is 1. The molecule has 0 amide bonds. The van der Waals surface area contributed by atoms with Gasteiger partial charge in [-0.2, -0.15) is 0 Å². The molecule has 1 atom stereocenters. The number of aldehydes is 1. The predicted molar refractivity (Wildman–Crippen MR) is 98.3 cm³/mol. The third-order valence-corrected chi connectivity index (χ3v) is 3.95. The maximum atomic E-state index is 11.9. The summed E-state index contributed by atoms with van der Waals surface area (Å²) in [6.07, 6.45) is 2.28. The van der Waals surface area contributed by atoms with Gasteiger partial charge in [0.25, 0.3) is 0 Å². The summed E-state index contributed by atoms with van der Waals surface area (Å²) in [7, 11) is 0.